The number of fused-ring (bicyclic) bond motifs is 2. The molecule has 2 aromatic carbocycles. The number of morpholine rings is 1. The van der Waals surface area contributed by atoms with Crippen molar-refractivity contribution in [2.45, 2.75) is 11.5 Å². The lowest BCUT2D eigenvalue weighted by molar-refractivity contribution is -0.127. The van der Waals surface area contributed by atoms with Gasteiger partial charge in [0.1, 0.15) is 5.71 Å². The van der Waals surface area contributed by atoms with Crippen molar-refractivity contribution >= 4 is 38.5 Å². The highest BCUT2D eigenvalue weighted by Gasteiger charge is 2.42. The van der Waals surface area contributed by atoms with E-state index >= 15 is 0 Å². The van der Waals surface area contributed by atoms with Crippen molar-refractivity contribution in [2.75, 3.05) is 44.0 Å². The van der Waals surface area contributed by atoms with Crippen molar-refractivity contribution in [3.63, 3.8) is 0 Å². The molecule has 9 heteroatoms. The molecule has 0 atom stereocenters. The number of aliphatic hydroxyl groups is 1. The molecule has 3 heterocycles. The van der Waals surface area contributed by atoms with Crippen LogP contribution in [-0.2, 0) is 26.0 Å². The fraction of sp³-hybridized carbons (Fsp3) is 0.304. The molecular weight excluding hydrogens is 430 g/mol. The van der Waals surface area contributed by atoms with Crippen LogP contribution in [0.3, 0.4) is 0 Å². The first kappa shape index (κ1) is 20.9. The molecule has 0 bridgehead atoms. The Bertz CT molecular complexity index is 1280. The van der Waals surface area contributed by atoms with Crippen LogP contribution in [0.1, 0.15) is 11.1 Å². The van der Waals surface area contributed by atoms with Gasteiger partial charge in [0.05, 0.1) is 47.5 Å². The summed E-state index contributed by atoms with van der Waals surface area (Å²) in [5, 5.41) is 9.51. The zero-order valence-electron chi connectivity index (χ0n) is 17.6. The monoisotopic (exact) mass is 453 g/mol. The minimum atomic E-state index is -3.65. The van der Waals surface area contributed by atoms with Crippen LogP contribution >= 0.6 is 0 Å². The number of sulfone groups is 1. The minimum absolute atomic E-state index is 0.0881. The molecule has 3 aliphatic heterocycles. The quantitative estimate of drug-likeness (QED) is 0.560. The Balaban J connectivity index is 1.68. The number of carbonyl (C=O) groups is 1. The Labute approximate surface area is 186 Å². The zero-order chi connectivity index (χ0) is 22.5. The maximum atomic E-state index is 13.4. The molecule has 0 radical (unpaired) electrons. The summed E-state index contributed by atoms with van der Waals surface area (Å²) in [6, 6.07) is 12.4. The summed E-state index contributed by atoms with van der Waals surface area (Å²) in [5.41, 5.74) is 4.31. The number of aliphatic hydroxyl groups excluding tert-OH is 1. The first-order chi connectivity index (χ1) is 15.5. The lowest BCUT2D eigenvalue weighted by Gasteiger charge is -2.30. The van der Waals surface area contributed by atoms with Gasteiger partial charge >= 0.3 is 0 Å². The smallest absolute Gasteiger partial charge is 0.272 e. The predicted molar refractivity (Wildman–Crippen MR) is 121 cm³/mol. The number of benzene rings is 2. The number of ether oxygens (including phenoxy) is 1. The second-order valence-electron chi connectivity index (χ2n) is 7.88. The molecule has 0 aromatic heterocycles. The predicted octanol–water partition coefficient (Wildman–Crippen LogP) is 1.76. The van der Waals surface area contributed by atoms with Gasteiger partial charge < -0.3 is 19.6 Å². The highest BCUT2D eigenvalue weighted by atomic mass is 32.2. The SMILES string of the molecule is C/N=C(/C(=O)N1CCOCC1)C1=C(N2c3ccc(CO)cc32)c2ccccc2S(=O)(=O)C1. The largest absolute Gasteiger partial charge is 0.392 e. The lowest BCUT2D eigenvalue weighted by Crippen LogP contribution is -2.45. The van der Waals surface area contributed by atoms with E-state index in [-0.39, 0.29) is 28.9 Å². The Kier molecular flexibility index (Phi) is 5.11. The molecule has 1 N–H and O–H groups in total. The van der Waals surface area contributed by atoms with Crippen molar-refractivity contribution in [2.24, 2.45) is 4.99 Å². The van der Waals surface area contributed by atoms with Crippen LogP contribution in [0.5, 0.6) is 0 Å². The van der Waals surface area contributed by atoms with E-state index in [1.807, 2.05) is 23.1 Å². The van der Waals surface area contributed by atoms with Crippen molar-refractivity contribution in [3.05, 3.63) is 59.2 Å². The molecule has 166 valence electrons. The van der Waals surface area contributed by atoms with Crippen molar-refractivity contribution < 1.29 is 23.1 Å². The van der Waals surface area contributed by atoms with Gasteiger partial charge in [-0.3, -0.25) is 9.79 Å². The summed E-state index contributed by atoms with van der Waals surface area (Å²) in [7, 11) is -2.13. The molecule has 0 saturated carbocycles. The average molecular weight is 454 g/mol. The van der Waals surface area contributed by atoms with Crippen LogP contribution in [0.15, 0.2) is 57.9 Å². The number of hydrogen-bond acceptors (Lipinski definition) is 7. The van der Waals surface area contributed by atoms with E-state index in [1.165, 1.54) is 7.05 Å². The van der Waals surface area contributed by atoms with Gasteiger partial charge in [-0.15, -0.1) is 0 Å². The Hall–Kier alpha value is -3.01. The highest BCUT2D eigenvalue weighted by Crippen LogP contribution is 2.56. The number of nitrogens with zero attached hydrogens (tertiary/aromatic N) is 3. The number of hydrogen-bond donors (Lipinski definition) is 1. The van der Waals surface area contributed by atoms with E-state index in [0.29, 0.717) is 43.1 Å². The molecule has 8 nitrogen and oxygen atoms in total. The van der Waals surface area contributed by atoms with E-state index in [0.717, 1.165) is 16.9 Å². The summed E-state index contributed by atoms with van der Waals surface area (Å²) in [6.45, 7) is 1.67. The number of anilines is 2. The van der Waals surface area contributed by atoms with Crippen LogP contribution in [0.2, 0.25) is 0 Å². The summed E-state index contributed by atoms with van der Waals surface area (Å²) in [4.78, 5) is 21.5. The number of carbonyl (C=O) groups excluding carboxylic acids is 1. The minimum Gasteiger partial charge on any atom is -0.392 e. The normalized spacial score (nSPS) is 19.5. The average Bonchev–Trinajstić information content (AvgIpc) is 3.52. The van der Waals surface area contributed by atoms with Gasteiger partial charge in [0.15, 0.2) is 9.84 Å². The summed E-state index contributed by atoms with van der Waals surface area (Å²) in [5.74, 6) is -0.598. The molecular formula is C23H23N3O5S. The van der Waals surface area contributed by atoms with Crippen molar-refractivity contribution in [3.8, 4) is 0 Å². The first-order valence-electron chi connectivity index (χ1n) is 10.4. The third-order valence-electron chi connectivity index (χ3n) is 5.99. The topological polar surface area (TPSA) is 99.3 Å². The first-order valence-corrected chi connectivity index (χ1v) is 12.0. The molecule has 2 aromatic rings. The van der Waals surface area contributed by atoms with E-state index < -0.39 is 9.84 Å². The van der Waals surface area contributed by atoms with Gasteiger partial charge in [-0.2, -0.15) is 0 Å². The van der Waals surface area contributed by atoms with Gasteiger partial charge in [0.25, 0.3) is 5.91 Å². The summed E-state index contributed by atoms with van der Waals surface area (Å²) < 4.78 is 31.7. The van der Waals surface area contributed by atoms with E-state index in [4.69, 9.17) is 4.74 Å². The fourth-order valence-corrected chi connectivity index (χ4v) is 5.98. The molecule has 32 heavy (non-hydrogen) atoms. The van der Waals surface area contributed by atoms with Crippen molar-refractivity contribution in [1.29, 1.82) is 0 Å². The molecule has 5 rings (SSSR count). The fourth-order valence-electron chi connectivity index (χ4n) is 4.38. The van der Waals surface area contributed by atoms with Crippen LogP contribution in [0, 0.1) is 0 Å². The molecule has 0 aliphatic carbocycles. The lowest BCUT2D eigenvalue weighted by atomic mass is 10.0. The summed E-state index contributed by atoms with van der Waals surface area (Å²) >= 11 is 0. The van der Waals surface area contributed by atoms with Crippen LogP contribution in [0.25, 0.3) is 5.70 Å². The maximum absolute atomic E-state index is 13.4. The molecule has 1 saturated heterocycles. The highest BCUT2D eigenvalue weighted by molar-refractivity contribution is 7.91. The van der Waals surface area contributed by atoms with E-state index in [9.17, 15) is 18.3 Å². The second-order valence-corrected chi connectivity index (χ2v) is 9.83. The van der Waals surface area contributed by atoms with Gasteiger partial charge in [0, 0.05) is 31.3 Å². The van der Waals surface area contributed by atoms with Gasteiger partial charge in [-0.25, -0.2) is 8.42 Å². The Morgan fingerprint density at radius 3 is 2.59 bits per heavy atom. The van der Waals surface area contributed by atoms with Crippen molar-refractivity contribution in [1.82, 2.24) is 4.90 Å². The van der Waals surface area contributed by atoms with Gasteiger partial charge in [0.2, 0.25) is 0 Å². The molecule has 0 unspecified atom stereocenters. The van der Waals surface area contributed by atoms with Crippen LogP contribution < -0.4 is 4.90 Å². The number of aliphatic imine (C=N–C) groups is 1. The summed E-state index contributed by atoms with van der Waals surface area (Å²) in [6.07, 6.45) is 0. The third-order valence-corrected chi connectivity index (χ3v) is 7.68. The van der Waals surface area contributed by atoms with E-state index in [2.05, 4.69) is 4.99 Å². The Morgan fingerprint density at radius 1 is 1.12 bits per heavy atom. The third kappa shape index (κ3) is 3.33. The number of rotatable bonds is 4. The molecule has 1 amide bonds. The zero-order valence-corrected chi connectivity index (χ0v) is 18.4. The van der Waals surface area contributed by atoms with Crippen LogP contribution in [-0.4, -0.2) is 69.1 Å². The number of amides is 1. The van der Waals surface area contributed by atoms with Gasteiger partial charge in [-0.1, -0.05) is 24.3 Å². The molecule has 0 spiro atoms. The standard InChI is InChI=1S/C23H23N3O5S/c1-24-21(23(28)25-8-10-31-11-9-25)17-14-32(29,30)20-5-3-2-4-16(20)22(17)26-18-7-6-15(13-27)12-19(18)26/h2-7,12,27H,8-11,13-14H2,1H3/b24-21+. The molecule has 3 aliphatic rings. The molecule has 1 fully saturated rings. The van der Waals surface area contributed by atoms with Gasteiger partial charge in [-0.05, 0) is 23.8 Å². The second kappa shape index (κ2) is 7.84. The van der Waals surface area contributed by atoms with Crippen LogP contribution in [0.4, 0.5) is 11.4 Å². The van der Waals surface area contributed by atoms with E-state index in [1.54, 1.807) is 29.2 Å². The maximum Gasteiger partial charge on any atom is 0.272 e. The Morgan fingerprint density at radius 2 is 1.88 bits per heavy atom.